The van der Waals surface area contributed by atoms with Crippen LogP contribution in [-0.4, -0.2) is 9.97 Å². The lowest BCUT2D eigenvalue weighted by Gasteiger charge is -2.13. The van der Waals surface area contributed by atoms with Crippen LogP contribution in [0.1, 0.15) is 35.6 Å². The third kappa shape index (κ3) is 3.29. The number of halogens is 3. The molecule has 1 aliphatic rings. The Balaban J connectivity index is 1.58. The van der Waals surface area contributed by atoms with Crippen molar-refractivity contribution < 1.29 is 13.2 Å². The lowest BCUT2D eigenvalue weighted by molar-refractivity contribution is -0.137. The van der Waals surface area contributed by atoms with E-state index < -0.39 is 11.7 Å². The molecule has 0 unspecified atom stereocenters. The molecule has 0 radical (unpaired) electrons. The van der Waals surface area contributed by atoms with Gasteiger partial charge in [0.05, 0.1) is 17.8 Å². The van der Waals surface area contributed by atoms with Crippen LogP contribution in [0, 0.1) is 0 Å². The summed E-state index contributed by atoms with van der Waals surface area (Å²) in [5.74, 6) is 1.30. The van der Waals surface area contributed by atoms with Gasteiger partial charge in [-0.1, -0.05) is 24.3 Å². The number of hydrogen-bond donors (Lipinski definition) is 1. The topological polar surface area (TPSA) is 37.8 Å². The number of fused-ring (bicyclic) bond motifs is 1. The van der Waals surface area contributed by atoms with Gasteiger partial charge in [0.25, 0.3) is 0 Å². The van der Waals surface area contributed by atoms with E-state index in [0.29, 0.717) is 18.2 Å². The number of benzene rings is 1. The Labute approximate surface area is 142 Å². The summed E-state index contributed by atoms with van der Waals surface area (Å²) >= 11 is 0. The monoisotopic (exact) mass is 343 g/mol. The van der Waals surface area contributed by atoms with E-state index in [2.05, 4.69) is 21.4 Å². The maximum atomic E-state index is 12.6. The molecule has 0 atom stereocenters. The molecule has 6 heteroatoms. The lowest BCUT2D eigenvalue weighted by atomic mass is 10.0. The largest absolute Gasteiger partial charge is 0.417 e. The van der Waals surface area contributed by atoms with Crippen molar-refractivity contribution in [2.75, 3.05) is 5.32 Å². The van der Waals surface area contributed by atoms with Crippen LogP contribution in [0.25, 0.3) is 10.8 Å². The molecule has 0 aliphatic heterocycles. The van der Waals surface area contributed by atoms with E-state index in [-0.39, 0.29) is 0 Å². The van der Waals surface area contributed by atoms with Crippen molar-refractivity contribution in [3.8, 4) is 0 Å². The van der Waals surface area contributed by atoms with Crippen molar-refractivity contribution in [3.05, 3.63) is 65.6 Å². The zero-order valence-electron chi connectivity index (χ0n) is 13.3. The predicted molar refractivity (Wildman–Crippen MR) is 90.3 cm³/mol. The van der Waals surface area contributed by atoms with E-state index in [1.165, 1.54) is 17.0 Å². The van der Waals surface area contributed by atoms with Crippen LogP contribution in [0.4, 0.5) is 19.0 Å². The van der Waals surface area contributed by atoms with Gasteiger partial charge in [0.2, 0.25) is 0 Å². The minimum Gasteiger partial charge on any atom is -0.364 e. The first-order valence-electron chi connectivity index (χ1n) is 8.16. The Bertz CT molecular complexity index is 900. The molecule has 0 bridgehead atoms. The summed E-state index contributed by atoms with van der Waals surface area (Å²) < 4.78 is 37.8. The molecule has 0 spiro atoms. The summed E-state index contributed by atoms with van der Waals surface area (Å²) in [6.07, 6.45) is 0.611. The van der Waals surface area contributed by atoms with Gasteiger partial charge in [0.15, 0.2) is 0 Å². The number of aromatic nitrogens is 2. The average Bonchev–Trinajstić information content (AvgIpc) is 3.44. The number of anilines is 1. The van der Waals surface area contributed by atoms with Gasteiger partial charge in [-0.3, -0.25) is 4.98 Å². The molecule has 1 fully saturated rings. The molecule has 3 nitrogen and oxygen atoms in total. The van der Waals surface area contributed by atoms with E-state index in [4.69, 9.17) is 0 Å². The highest BCUT2D eigenvalue weighted by Crippen LogP contribution is 2.46. The molecule has 1 saturated carbocycles. The van der Waals surface area contributed by atoms with E-state index in [9.17, 15) is 13.2 Å². The van der Waals surface area contributed by atoms with Gasteiger partial charge in [0, 0.05) is 23.3 Å². The molecule has 1 aliphatic carbocycles. The molecule has 128 valence electrons. The number of nitrogens with zero attached hydrogens (tertiary/aromatic N) is 2. The van der Waals surface area contributed by atoms with E-state index in [0.717, 1.165) is 36.3 Å². The molecule has 4 rings (SSSR count). The van der Waals surface area contributed by atoms with Gasteiger partial charge >= 0.3 is 6.18 Å². The van der Waals surface area contributed by atoms with E-state index >= 15 is 0 Å². The smallest absolute Gasteiger partial charge is 0.364 e. The van der Waals surface area contributed by atoms with Crippen molar-refractivity contribution in [3.63, 3.8) is 0 Å². The molecule has 0 saturated heterocycles. The first-order valence-corrected chi connectivity index (χ1v) is 8.16. The molecule has 2 heterocycles. The van der Waals surface area contributed by atoms with Crippen molar-refractivity contribution in [1.29, 1.82) is 0 Å². The van der Waals surface area contributed by atoms with Gasteiger partial charge in [-0.05, 0) is 36.3 Å². The Hall–Kier alpha value is -2.63. The Morgan fingerprint density at radius 3 is 2.48 bits per heavy atom. The highest BCUT2D eigenvalue weighted by molar-refractivity contribution is 5.89. The van der Waals surface area contributed by atoms with E-state index in [1.54, 1.807) is 0 Å². The number of nitrogens with one attached hydrogen (secondary N) is 1. The second kappa shape index (κ2) is 6.02. The standard InChI is InChI=1S/C19H16F3N3/c20-19(21,22)14-7-8-15(23-10-14)11-25-18-17(12-5-6-12)16-4-2-1-3-13(16)9-24-18/h1-4,7-10,12H,5-6,11H2,(H,24,25). The third-order valence-electron chi connectivity index (χ3n) is 4.41. The normalized spacial score (nSPS) is 14.7. The number of alkyl halides is 3. The lowest BCUT2D eigenvalue weighted by Crippen LogP contribution is -2.09. The fraction of sp³-hybridized carbons (Fsp3) is 0.263. The van der Waals surface area contributed by atoms with Crippen LogP contribution in [-0.2, 0) is 12.7 Å². The maximum Gasteiger partial charge on any atom is 0.417 e. The fourth-order valence-corrected chi connectivity index (χ4v) is 2.98. The second-order valence-electron chi connectivity index (χ2n) is 6.27. The molecule has 1 aromatic carbocycles. The predicted octanol–water partition coefficient (Wildman–Crippen LogP) is 5.14. The summed E-state index contributed by atoms with van der Waals surface area (Å²) in [4.78, 5) is 8.42. The summed E-state index contributed by atoms with van der Waals surface area (Å²) in [5, 5.41) is 5.53. The molecular formula is C19H16F3N3. The zero-order valence-corrected chi connectivity index (χ0v) is 13.3. The third-order valence-corrected chi connectivity index (χ3v) is 4.41. The van der Waals surface area contributed by atoms with Crippen molar-refractivity contribution in [2.45, 2.75) is 31.5 Å². The number of pyridine rings is 2. The Kier molecular flexibility index (Phi) is 3.82. The minimum absolute atomic E-state index is 0.337. The first-order chi connectivity index (χ1) is 12.0. The molecule has 3 aromatic rings. The zero-order chi connectivity index (χ0) is 17.4. The fourth-order valence-electron chi connectivity index (χ4n) is 2.98. The second-order valence-corrected chi connectivity index (χ2v) is 6.27. The Morgan fingerprint density at radius 1 is 1.00 bits per heavy atom. The summed E-state index contributed by atoms with van der Waals surface area (Å²) in [6.45, 7) is 0.337. The van der Waals surface area contributed by atoms with Crippen molar-refractivity contribution >= 4 is 16.6 Å². The van der Waals surface area contributed by atoms with Gasteiger partial charge in [-0.25, -0.2) is 4.98 Å². The molecule has 1 N–H and O–H groups in total. The van der Waals surface area contributed by atoms with Gasteiger partial charge in [0.1, 0.15) is 5.82 Å². The van der Waals surface area contributed by atoms with Crippen LogP contribution in [0.2, 0.25) is 0 Å². The molecule has 2 aromatic heterocycles. The van der Waals surface area contributed by atoms with E-state index in [1.807, 2.05) is 24.4 Å². The summed E-state index contributed by atoms with van der Waals surface area (Å²) in [7, 11) is 0. The van der Waals surface area contributed by atoms with Gasteiger partial charge in [-0.2, -0.15) is 13.2 Å². The molecular weight excluding hydrogens is 327 g/mol. The average molecular weight is 343 g/mol. The van der Waals surface area contributed by atoms with Crippen molar-refractivity contribution in [1.82, 2.24) is 9.97 Å². The van der Waals surface area contributed by atoms with Crippen molar-refractivity contribution in [2.24, 2.45) is 0 Å². The van der Waals surface area contributed by atoms with Crippen LogP contribution in [0.5, 0.6) is 0 Å². The SMILES string of the molecule is FC(F)(F)c1ccc(CNc2ncc3ccccc3c2C2CC2)nc1. The quantitative estimate of drug-likeness (QED) is 0.713. The highest BCUT2D eigenvalue weighted by Gasteiger charge is 2.31. The number of rotatable bonds is 4. The van der Waals surface area contributed by atoms with Gasteiger partial charge in [-0.15, -0.1) is 0 Å². The first kappa shape index (κ1) is 15.9. The highest BCUT2D eigenvalue weighted by atomic mass is 19.4. The molecule has 0 amide bonds. The number of hydrogen-bond acceptors (Lipinski definition) is 3. The minimum atomic E-state index is -4.36. The summed E-state index contributed by atoms with van der Waals surface area (Å²) in [5.41, 5.74) is 1.01. The molecule has 25 heavy (non-hydrogen) atoms. The van der Waals surface area contributed by atoms with Crippen LogP contribution >= 0.6 is 0 Å². The van der Waals surface area contributed by atoms with Crippen LogP contribution in [0.15, 0.2) is 48.8 Å². The maximum absolute atomic E-state index is 12.6. The van der Waals surface area contributed by atoms with Crippen LogP contribution < -0.4 is 5.32 Å². The summed E-state index contributed by atoms with van der Waals surface area (Å²) in [6, 6.07) is 10.6. The Morgan fingerprint density at radius 2 is 1.80 bits per heavy atom. The van der Waals surface area contributed by atoms with Crippen LogP contribution in [0.3, 0.4) is 0 Å². The van der Waals surface area contributed by atoms with Gasteiger partial charge < -0.3 is 5.32 Å².